The van der Waals surface area contributed by atoms with E-state index >= 15 is 0 Å². The lowest BCUT2D eigenvalue weighted by Gasteiger charge is -2.18. The standard InChI is InChI=1S/C13H19NO2S/c1-11(2)17(15,16)13-7-5-12(6-8-13)14-9-3-4-10-14/h5-8,11H,3-4,9-10H2,1-2H3. The summed E-state index contributed by atoms with van der Waals surface area (Å²) in [7, 11) is -3.14. The van der Waals surface area contributed by atoms with Crippen LogP contribution >= 0.6 is 0 Å². The molecule has 3 nitrogen and oxygen atoms in total. The molecule has 0 aromatic heterocycles. The zero-order valence-corrected chi connectivity index (χ0v) is 11.2. The zero-order valence-electron chi connectivity index (χ0n) is 10.4. The van der Waals surface area contributed by atoms with E-state index in [0.717, 1.165) is 18.8 Å². The number of anilines is 1. The van der Waals surface area contributed by atoms with E-state index < -0.39 is 9.84 Å². The summed E-state index contributed by atoms with van der Waals surface area (Å²) in [5.74, 6) is 0. The first-order valence-electron chi connectivity index (χ1n) is 6.11. The zero-order chi connectivity index (χ0) is 12.5. The van der Waals surface area contributed by atoms with Gasteiger partial charge < -0.3 is 4.90 Å². The average molecular weight is 253 g/mol. The Morgan fingerprint density at radius 2 is 1.59 bits per heavy atom. The third-order valence-electron chi connectivity index (χ3n) is 3.26. The molecule has 1 fully saturated rings. The third kappa shape index (κ3) is 2.46. The number of hydrogen-bond acceptors (Lipinski definition) is 3. The molecule has 0 radical (unpaired) electrons. The van der Waals surface area contributed by atoms with Crippen LogP contribution in [0.1, 0.15) is 26.7 Å². The van der Waals surface area contributed by atoms with Gasteiger partial charge in [-0.15, -0.1) is 0 Å². The first-order chi connectivity index (χ1) is 8.01. The molecule has 4 heteroatoms. The van der Waals surface area contributed by atoms with E-state index in [-0.39, 0.29) is 5.25 Å². The van der Waals surface area contributed by atoms with Crippen LogP contribution in [0.15, 0.2) is 29.2 Å². The summed E-state index contributed by atoms with van der Waals surface area (Å²) in [5, 5.41) is -0.361. The number of benzene rings is 1. The van der Waals surface area contributed by atoms with E-state index in [1.807, 2.05) is 12.1 Å². The fourth-order valence-corrected chi connectivity index (χ4v) is 3.15. The van der Waals surface area contributed by atoms with Crippen molar-refractivity contribution in [3.05, 3.63) is 24.3 Å². The van der Waals surface area contributed by atoms with Crippen LogP contribution in [0.4, 0.5) is 5.69 Å². The minimum Gasteiger partial charge on any atom is -0.372 e. The van der Waals surface area contributed by atoms with Gasteiger partial charge >= 0.3 is 0 Å². The maximum atomic E-state index is 12.0. The lowest BCUT2D eigenvalue weighted by molar-refractivity contribution is 0.587. The van der Waals surface area contributed by atoms with Gasteiger partial charge in [-0.3, -0.25) is 0 Å². The van der Waals surface area contributed by atoms with Gasteiger partial charge in [0, 0.05) is 18.8 Å². The van der Waals surface area contributed by atoms with E-state index in [4.69, 9.17) is 0 Å². The highest BCUT2D eigenvalue weighted by atomic mass is 32.2. The minimum absolute atomic E-state index is 0.361. The fourth-order valence-electron chi connectivity index (χ4n) is 2.09. The van der Waals surface area contributed by atoms with Crippen LogP contribution in [0.3, 0.4) is 0 Å². The van der Waals surface area contributed by atoms with Crippen molar-refractivity contribution < 1.29 is 8.42 Å². The van der Waals surface area contributed by atoms with Crippen molar-refractivity contribution >= 4 is 15.5 Å². The first-order valence-corrected chi connectivity index (χ1v) is 7.65. The third-order valence-corrected chi connectivity index (χ3v) is 5.43. The van der Waals surface area contributed by atoms with Crippen LogP contribution in [-0.2, 0) is 9.84 Å². The summed E-state index contributed by atoms with van der Waals surface area (Å²) in [6.07, 6.45) is 2.46. The van der Waals surface area contributed by atoms with Gasteiger partial charge in [-0.25, -0.2) is 8.42 Å². The SMILES string of the molecule is CC(C)S(=O)(=O)c1ccc(N2CCCC2)cc1. The molecule has 94 valence electrons. The van der Waals surface area contributed by atoms with Crippen molar-refractivity contribution in [2.45, 2.75) is 36.8 Å². The normalized spacial score (nSPS) is 16.8. The Balaban J connectivity index is 2.24. The highest BCUT2D eigenvalue weighted by Crippen LogP contribution is 2.23. The van der Waals surface area contributed by atoms with Crippen LogP contribution in [0.2, 0.25) is 0 Å². The molecule has 0 atom stereocenters. The Hall–Kier alpha value is -1.03. The highest BCUT2D eigenvalue weighted by molar-refractivity contribution is 7.92. The molecule has 0 saturated carbocycles. The minimum atomic E-state index is -3.14. The molecular formula is C13H19NO2S. The average Bonchev–Trinajstić information content (AvgIpc) is 2.82. The largest absolute Gasteiger partial charge is 0.372 e. The monoisotopic (exact) mass is 253 g/mol. The maximum Gasteiger partial charge on any atom is 0.180 e. The van der Waals surface area contributed by atoms with Crippen LogP contribution in [0, 0.1) is 0 Å². The molecule has 17 heavy (non-hydrogen) atoms. The topological polar surface area (TPSA) is 37.4 Å². The van der Waals surface area contributed by atoms with Crippen molar-refractivity contribution in [3.63, 3.8) is 0 Å². The first kappa shape index (κ1) is 12.4. The molecule has 1 aliphatic heterocycles. The van der Waals surface area contributed by atoms with Crippen LogP contribution < -0.4 is 4.90 Å². The second-order valence-electron chi connectivity index (χ2n) is 4.78. The predicted molar refractivity (Wildman–Crippen MR) is 70.2 cm³/mol. The van der Waals surface area contributed by atoms with Crippen LogP contribution in [0.25, 0.3) is 0 Å². The van der Waals surface area contributed by atoms with E-state index in [0.29, 0.717) is 4.90 Å². The number of rotatable bonds is 3. The molecule has 0 amide bonds. The van der Waals surface area contributed by atoms with E-state index in [9.17, 15) is 8.42 Å². The van der Waals surface area contributed by atoms with Crippen LogP contribution in [0.5, 0.6) is 0 Å². The summed E-state index contributed by atoms with van der Waals surface area (Å²) < 4.78 is 23.9. The molecule has 0 spiro atoms. The summed E-state index contributed by atoms with van der Waals surface area (Å²) in [5.41, 5.74) is 1.13. The Morgan fingerprint density at radius 1 is 1.06 bits per heavy atom. The van der Waals surface area contributed by atoms with Gasteiger partial charge in [0.2, 0.25) is 0 Å². The highest BCUT2D eigenvalue weighted by Gasteiger charge is 2.19. The summed E-state index contributed by atoms with van der Waals surface area (Å²) >= 11 is 0. The smallest absolute Gasteiger partial charge is 0.180 e. The number of sulfone groups is 1. The molecule has 0 N–H and O–H groups in total. The van der Waals surface area contributed by atoms with Gasteiger partial charge in [0.15, 0.2) is 9.84 Å². The number of nitrogens with zero attached hydrogens (tertiary/aromatic N) is 1. The van der Waals surface area contributed by atoms with Crippen LogP contribution in [-0.4, -0.2) is 26.8 Å². The molecule has 1 aliphatic rings. The molecule has 2 rings (SSSR count). The second-order valence-corrected chi connectivity index (χ2v) is 7.29. The quantitative estimate of drug-likeness (QED) is 0.830. The lowest BCUT2D eigenvalue weighted by atomic mass is 10.3. The summed E-state index contributed by atoms with van der Waals surface area (Å²) in [6, 6.07) is 7.28. The van der Waals surface area contributed by atoms with Gasteiger partial charge in [-0.2, -0.15) is 0 Å². The molecule has 1 aromatic rings. The second kappa shape index (κ2) is 4.69. The molecule has 1 saturated heterocycles. The van der Waals surface area contributed by atoms with Gasteiger partial charge in [0.05, 0.1) is 10.1 Å². The van der Waals surface area contributed by atoms with Gasteiger partial charge in [0.25, 0.3) is 0 Å². The Morgan fingerprint density at radius 3 is 2.06 bits per heavy atom. The van der Waals surface area contributed by atoms with Gasteiger partial charge in [-0.1, -0.05) is 0 Å². The van der Waals surface area contributed by atoms with Crippen molar-refractivity contribution in [2.24, 2.45) is 0 Å². The number of hydrogen-bond donors (Lipinski definition) is 0. The van der Waals surface area contributed by atoms with Crippen molar-refractivity contribution in [2.75, 3.05) is 18.0 Å². The molecule has 0 unspecified atom stereocenters. The lowest BCUT2D eigenvalue weighted by Crippen LogP contribution is -2.18. The Labute approximate surface area is 103 Å². The summed E-state index contributed by atoms with van der Waals surface area (Å²) in [6.45, 7) is 5.58. The molecule has 1 heterocycles. The maximum absolute atomic E-state index is 12.0. The Bertz CT molecular complexity index is 471. The van der Waals surface area contributed by atoms with Crippen molar-refractivity contribution in [1.82, 2.24) is 0 Å². The van der Waals surface area contributed by atoms with E-state index in [1.165, 1.54) is 12.8 Å². The predicted octanol–water partition coefficient (Wildman–Crippen LogP) is 2.47. The van der Waals surface area contributed by atoms with Crippen molar-refractivity contribution in [1.29, 1.82) is 0 Å². The molecular weight excluding hydrogens is 234 g/mol. The summed E-state index contributed by atoms with van der Waals surface area (Å²) in [4.78, 5) is 2.72. The Kier molecular flexibility index (Phi) is 3.43. The fraction of sp³-hybridized carbons (Fsp3) is 0.538. The molecule has 1 aromatic carbocycles. The van der Waals surface area contributed by atoms with E-state index in [2.05, 4.69) is 4.90 Å². The molecule has 0 bridgehead atoms. The molecule has 0 aliphatic carbocycles. The van der Waals surface area contributed by atoms with Gasteiger partial charge in [-0.05, 0) is 51.0 Å². The van der Waals surface area contributed by atoms with E-state index in [1.54, 1.807) is 26.0 Å². The van der Waals surface area contributed by atoms with Crippen molar-refractivity contribution in [3.8, 4) is 0 Å². The van der Waals surface area contributed by atoms with Gasteiger partial charge in [0.1, 0.15) is 0 Å².